The molecule has 1 heterocycles. The van der Waals surface area contributed by atoms with Crippen LogP contribution in [0.5, 0.6) is 0 Å². The van der Waals surface area contributed by atoms with E-state index < -0.39 is 5.97 Å². The van der Waals surface area contributed by atoms with Crippen LogP contribution in [-0.2, 0) is 11.2 Å². The maximum atomic E-state index is 11.1. The zero-order valence-electron chi connectivity index (χ0n) is 8.29. The molecule has 1 rings (SSSR count). The second-order valence-corrected chi connectivity index (χ2v) is 3.00. The van der Waals surface area contributed by atoms with Crippen molar-refractivity contribution in [2.75, 3.05) is 7.11 Å². The number of nitrogens with one attached hydrogen (secondary N) is 1. The Morgan fingerprint density at radius 2 is 2.21 bits per heavy atom. The summed E-state index contributed by atoms with van der Waals surface area (Å²) in [5.74, 6) is -0.478. The molecule has 1 N–H and O–H groups in total. The Kier molecular flexibility index (Phi) is 3.45. The van der Waals surface area contributed by atoms with Gasteiger partial charge in [0.25, 0.3) is 0 Å². The van der Waals surface area contributed by atoms with Gasteiger partial charge in [-0.15, -0.1) is 0 Å². The Bertz CT molecular complexity index is 381. The van der Waals surface area contributed by atoms with Crippen molar-refractivity contribution in [3.8, 4) is 0 Å². The van der Waals surface area contributed by atoms with E-state index in [1.807, 2.05) is 6.92 Å². The molecule has 14 heavy (non-hydrogen) atoms. The first-order valence-electron chi connectivity index (χ1n) is 4.49. The van der Waals surface area contributed by atoms with Gasteiger partial charge < -0.3 is 9.72 Å². The van der Waals surface area contributed by atoms with Gasteiger partial charge >= 0.3 is 5.97 Å². The lowest BCUT2D eigenvalue weighted by Gasteiger charge is -2.01. The molecule has 0 saturated carbocycles. The molecule has 0 aliphatic carbocycles. The zero-order chi connectivity index (χ0) is 10.6. The van der Waals surface area contributed by atoms with Crippen molar-refractivity contribution in [2.45, 2.75) is 19.8 Å². The minimum atomic E-state index is -0.478. The summed E-state index contributed by atoms with van der Waals surface area (Å²) in [6.45, 7) is 2.00. The van der Waals surface area contributed by atoms with Crippen molar-refractivity contribution in [3.05, 3.63) is 33.7 Å². The highest BCUT2D eigenvalue weighted by Gasteiger charge is 2.07. The third-order valence-electron chi connectivity index (χ3n) is 1.84. The van der Waals surface area contributed by atoms with Crippen LogP contribution in [-0.4, -0.2) is 18.1 Å². The van der Waals surface area contributed by atoms with E-state index in [1.165, 1.54) is 13.2 Å². The molecule has 1 aromatic heterocycles. The average Bonchev–Trinajstić information content (AvgIpc) is 2.16. The summed E-state index contributed by atoms with van der Waals surface area (Å²) >= 11 is 0. The number of aromatic amines is 1. The molecule has 76 valence electrons. The summed E-state index contributed by atoms with van der Waals surface area (Å²) in [7, 11) is 1.29. The fourth-order valence-corrected chi connectivity index (χ4v) is 1.24. The number of carbonyl (C=O) groups excluding carboxylic acids is 1. The predicted molar refractivity (Wildman–Crippen MR) is 52.4 cm³/mol. The number of aromatic nitrogens is 1. The summed E-state index contributed by atoms with van der Waals surface area (Å²) < 4.78 is 4.53. The van der Waals surface area contributed by atoms with Crippen LogP contribution in [0.3, 0.4) is 0 Å². The largest absolute Gasteiger partial charge is 0.465 e. The van der Waals surface area contributed by atoms with Gasteiger partial charge in [-0.2, -0.15) is 0 Å². The molecule has 0 spiro atoms. The highest BCUT2D eigenvalue weighted by Crippen LogP contribution is 2.02. The highest BCUT2D eigenvalue weighted by atomic mass is 16.5. The SMILES string of the molecule is CCCc1cc(C(=O)OC)cc(=O)[nH]1. The van der Waals surface area contributed by atoms with E-state index in [2.05, 4.69) is 9.72 Å². The number of rotatable bonds is 3. The molecular weight excluding hydrogens is 182 g/mol. The first-order valence-corrected chi connectivity index (χ1v) is 4.49. The zero-order valence-corrected chi connectivity index (χ0v) is 8.29. The number of pyridine rings is 1. The molecule has 0 aliphatic rings. The third kappa shape index (κ3) is 2.45. The minimum absolute atomic E-state index is 0.267. The summed E-state index contributed by atoms with van der Waals surface area (Å²) in [4.78, 5) is 25.0. The monoisotopic (exact) mass is 195 g/mol. The number of ether oxygens (including phenoxy) is 1. The predicted octanol–water partition coefficient (Wildman–Crippen LogP) is 1.11. The van der Waals surface area contributed by atoms with Crippen molar-refractivity contribution < 1.29 is 9.53 Å². The van der Waals surface area contributed by atoms with Gasteiger partial charge in [0.15, 0.2) is 0 Å². The Morgan fingerprint density at radius 1 is 1.50 bits per heavy atom. The summed E-state index contributed by atoms with van der Waals surface area (Å²) in [6.07, 6.45) is 1.67. The quantitative estimate of drug-likeness (QED) is 0.735. The van der Waals surface area contributed by atoms with E-state index in [9.17, 15) is 9.59 Å². The third-order valence-corrected chi connectivity index (χ3v) is 1.84. The maximum absolute atomic E-state index is 11.1. The Morgan fingerprint density at radius 3 is 2.79 bits per heavy atom. The number of hydrogen-bond acceptors (Lipinski definition) is 3. The molecule has 0 aliphatic heterocycles. The fourth-order valence-electron chi connectivity index (χ4n) is 1.24. The Hall–Kier alpha value is -1.58. The van der Waals surface area contributed by atoms with Crippen LogP contribution in [0.25, 0.3) is 0 Å². The van der Waals surface area contributed by atoms with Gasteiger partial charge in [-0.25, -0.2) is 4.79 Å². The molecule has 4 heteroatoms. The van der Waals surface area contributed by atoms with E-state index in [0.717, 1.165) is 18.5 Å². The lowest BCUT2D eigenvalue weighted by Crippen LogP contribution is -2.13. The van der Waals surface area contributed by atoms with Gasteiger partial charge in [0.2, 0.25) is 5.56 Å². The number of carbonyl (C=O) groups is 1. The van der Waals surface area contributed by atoms with Gasteiger partial charge in [-0.05, 0) is 12.5 Å². The molecule has 0 radical (unpaired) electrons. The molecule has 0 bridgehead atoms. The average molecular weight is 195 g/mol. The molecule has 0 amide bonds. The number of H-pyrrole nitrogens is 1. The summed E-state index contributed by atoms with van der Waals surface area (Å²) in [5.41, 5.74) is 0.802. The van der Waals surface area contributed by atoms with Crippen molar-refractivity contribution in [3.63, 3.8) is 0 Å². The second-order valence-electron chi connectivity index (χ2n) is 3.00. The van der Waals surface area contributed by atoms with Crippen LogP contribution in [0.15, 0.2) is 16.9 Å². The van der Waals surface area contributed by atoms with Crippen molar-refractivity contribution in [1.82, 2.24) is 4.98 Å². The van der Waals surface area contributed by atoms with Crippen LogP contribution < -0.4 is 5.56 Å². The van der Waals surface area contributed by atoms with Crippen LogP contribution in [0.1, 0.15) is 29.4 Å². The van der Waals surface area contributed by atoms with Crippen molar-refractivity contribution in [2.24, 2.45) is 0 Å². The first kappa shape index (κ1) is 10.5. The van der Waals surface area contributed by atoms with E-state index in [1.54, 1.807) is 6.07 Å². The topological polar surface area (TPSA) is 59.2 Å². The minimum Gasteiger partial charge on any atom is -0.465 e. The van der Waals surface area contributed by atoms with E-state index in [-0.39, 0.29) is 5.56 Å². The van der Waals surface area contributed by atoms with Gasteiger partial charge in [0.05, 0.1) is 12.7 Å². The van der Waals surface area contributed by atoms with Gasteiger partial charge in [-0.3, -0.25) is 4.79 Å². The van der Waals surface area contributed by atoms with Crippen LogP contribution in [0.2, 0.25) is 0 Å². The van der Waals surface area contributed by atoms with Crippen LogP contribution in [0.4, 0.5) is 0 Å². The fraction of sp³-hybridized carbons (Fsp3) is 0.400. The van der Waals surface area contributed by atoms with E-state index in [0.29, 0.717) is 5.56 Å². The maximum Gasteiger partial charge on any atom is 0.338 e. The Balaban J connectivity index is 3.07. The van der Waals surface area contributed by atoms with Crippen molar-refractivity contribution in [1.29, 1.82) is 0 Å². The molecule has 1 aromatic rings. The molecule has 0 atom stereocenters. The van der Waals surface area contributed by atoms with Crippen LogP contribution in [0, 0.1) is 0 Å². The lowest BCUT2D eigenvalue weighted by atomic mass is 10.2. The van der Waals surface area contributed by atoms with E-state index in [4.69, 9.17) is 0 Å². The molecular formula is C10H13NO3. The molecule has 0 unspecified atom stereocenters. The molecule has 0 saturated heterocycles. The molecule has 0 aromatic carbocycles. The number of hydrogen-bond donors (Lipinski definition) is 1. The summed E-state index contributed by atoms with van der Waals surface area (Å²) in [6, 6.07) is 2.89. The van der Waals surface area contributed by atoms with Gasteiger partial charge in [0.1, 0.15) is 0 Å². The Labute approximate surface area is 81.9 Å². The van der Waals surface area contributed by atoms with Gasteiger partial charge in [0, 0.05) is 11.8 Å². The number of methoxy groups -OCH3 is 1. The second kappa shape index (κ2) is 4.60. The lowest BCUT2D eigenvalue weighted by molar-refractivity contribution is 0.0600. The van der Waals surface area contributed by atoms with Gasteiger partial charge in [-0.1, -0.05) is 13.3 Å². The number of esters is 1. The smallest absolute Gasteiger partial charge is 0.338 e. The standard InChI is InChI=1S/C10H13NO3/c1-3-4-8-5-7(10(13)14-2)6-9(12)11-8/h5-6H,3-4H2,1-2H3,(H,11,12). The van der Waals surface area contributed by atoms with Crippen molar-refractivity contribution >= 4 is 5.97 Å². The normalized spacial score (nSPS) is 9.86. The molecule has 0 fully saturated rings. The molecule has 4 nitrogen and oxygen atoms in total. The number of aryl methyl sites for hydroxylation is 1. The van der Waals surface area contributed by atoms with E-state index >= 15 is 0 Å². The highest BCUT2D eigenvalue weighted by molar-refractivity contribution is 5.89. The summed E-state index contributed by atoms with van der Waals surface area (Å²) in [5, 5.41) is 0. The van der Waals surface area contributed by atoms with Crippen LogP contribution >= 0.6 is 0 Å². The first-order chi connectivity index (χ1) is 6.67.